The van der Waals surface area contributed by atoms with E-state index in [9.17, 15) is 0 Å². The quantitative estimate of drug-likeness (QED) is 0.795. The summed E-state index contributed by atoms with van der Waals surface area (Å²) in [6.07, 6.45) is 1.12. The highest BCUT2D eigenvalue weighted by Gasteiger charge is 2.38. The molecule has 3 heteroatoms. The van der Waals surface area contributed by atoms with Crippen LogP contribution in [0.1, 0.15) is 48.0 Å². The molecule has 0 spiro atoms. The molecule has 0 amide bonds. The van der Waals surface area contributed by atoms with Crippen molar-refractivity contribution in [3.8, 4) is 0 Å². The largest absolute Gasteiger partial charge is 0.385 e. The third-order valence-corrected chi connectivity index (χ3v) is 4.25. The van der Waals surface area contributed by atoms with E-state index >= 15 is 0 Å². The van der Waals surface area contributed by atoms with Crippen molar-refractivity contribution in [2.75, 3.05) is 33.4 Å². The highest BCUT2D eigenvalue weighted by molar-refractivity contribution is 4.95. The molecular weight excluding hydrogens is 236 g/mol. The first kappa shape index (κ1) is 16.9. The summed E-state index contributed by atoms with van der Waals surface area (Å²) < 4.78 is 5.21. The number of nitrogens with one attached hydrogen (secondary N) is 1. The maximum absolute atomic E-state index is 5.21. The normalized spacial score (nSPS) is 26.7. The highest BCUT2D eigenvalue weighted by Crippen LogP contribution is 2.30. The van der Waals surface area contributed by atoms with Crippen LogP contribution in [0.25, 0.3) is 0 Å². The third kappa shape index (κ3) is 5.05. The minimum absolute atomic E-state index is 0.322. The zero-order valence-corrected chi connectivity index (χ0v) is 14.0. The SMILES string of the molecule is COCCCN1CC(C(C)(C)C)NCC1C(C)(C)C. The number of hydrogen-bond donors (Lipinski definition) is 1. The van der Waals surface area contributed by atoms with Crippen molar-refractivity contribution < 1.29 is 4.74 Å². The molecule has 2 atom stereocenters. The van der Waals surface area contributed by atoms with Crippen LogP contribution in [0.2, 0.25) is 0 Å². The molecule has 0 bridgehead atoms. The van der Waals surface area contributed by atoms with Gasteiger partial charge in [0.25, 0.3) is 0 Å². The lowest BCUT2D eigenvalue weighted by atomic mass is 9.79. The Balaban J connectivity index is 2.69. The number of hydrogen-bond acceptors (Lipinski definition) is 3. The zero-order valence-electron chi connectivity index (χ0n) is 14.0. The van der Waals surface area contributed by atoms with E-state index in [1.54, 1.807) is 7.11 Å². The first-order valence-corrected chi connectivity index (χ1v) is 7.62. The number of rotatable bonds is 4. The minimum Gasteiger partial charge on any atom is -0.385 e. The number of piperazine rings is 1. The van der Waals surface area contributed by atoms with Crippen molar-refractivity contribution in [2.45, 2.75) is 60.0 Å². The predicted molar refractivity (Wildman–Crippen MR) is 82.6 cm³/mol. The Bertz CT molecular complexity index is 265. The third-order valence-electron chi connectivity index (χ3n) is 4.25. The second-order valence-electron chi connectivity index (χ2n) is 8.05. The first-order valence-electron chi connectivity index (χ1n) is 7.62. The Labute approximate surface area is 120 Å². The van der Waals surface area contributed by atoms with E-state index in [0.29, 0.717) is 22.9 Å². The average molecular weight is 270 g/mol. The van der Waals surface area contributed by atoms with Crippen molar-refractivity contribution in [1.82, 2.24) is 10.2 Å². The number of nitrogens with zero attached hydrogens (tertiary/aromatic N) is 1. The summed E-state index contributed by atoms with van der Waals surface area (Å²) in [5, 5.41) is 3.76. The molecule has 19 heavy (non-hydrogen) atoms. The summed E-state index contributed by atoms with van der Waals surface area (Å²) in [4.78, 5) is 2.67. The van der Waals surface area contributed by atoms with Gasteiger partial charge in [0.05, 0.1) is 0 Å². The van der Waals surface area contributed by atoms with Gasteiger partial charge in [-0.25, -0.2) is 0 Å². The van der Waals surface area contributed by atoms with E-state index in [-0.39, 0.29) is 0 Å². The van der Waals surface area contributed by atoms with Gasteiger partial charge in [0.2, 0.25) is 0 Å². The highest BCUT2D eigenvalue weighted by atomic mass is 16.5. The molecule has 1 fully saturated rings. The molecule has 3 nitrogen and oxygen atoms in total. The van der Waals surface area contributed by atoms with Crippen LogP contribution >= 0.6 is 0 Å². The number of methoxy groups -OCH3 is 1. The molecule has 1 heterocycles. The van der Waals surface area contributed by atoms with Gasteiger partial charge in [0, 0.05) is 45.4 Å². The zero-order chi connectivity index (χ0) is 14.7. The standard InChI is InChI=1S/C16H34N2O/c1-15(2,3)13-12-18(9-8-10-19-7)14(11-17-13)16(4,5)6/h13-14,17H,8-12H2,1-7H3. The lowest BCUT2D eigenvalue weighted by molar-refractivity contribution is 0.0251. The molecule has 1 aliphatic heterocycles. The second-order valence-corrected chi connectivity index (χ2v) is 8.05. The summed E-state index contributed by atoms with van der Waals surface area (Å²) in [6, 6.07) is 1.19. The summed E-state index contributed by atoms with van der Waals surface area (Å²) in [7, 11) is 1.79. The topological polar surface area (TPSA) is 24.5 Å². The average Bonchev–Trinajstić information content (AvgIpc) is 2.26. The van der Waals surface area contributed by atoms with E-state index < -0.39 is 0 Å². The van der Waals surface area contributed by atoms with Crippen molar-refractivity contribution in [3.63, 3.8) is 0 Å². The Hall–Kier alpha value is -0.120. The molecular formula is C16H34N2O. The molecule has 0 saturated carbocycles. The van der Waals surface area contributed by atoms with Crippen LogP contribution in [0.3, 0.4) is 0 Å². The van der Waals surface area contributed by atoms with Gasteiger partial charge < -0.3 is 10.1 Å². The van der Waals surface area contributed by atoms with E-state index in [4.69, 9.17) is 4.74 Å². The molecule has 2 unspecified atom stereocenters. The summed E-state index contributed by atoms with van der Waals surface area (Å²) >= 11 is 0. The predicted octanol–water partition coefficient (Wildman–Crippen LogP) is 2.76. The molecule has 1 rings (SSSR count). The Morgan fingerprint density at radius 3 is 2.21 bits per heavy atom. The fourth-order valence-corrected chi connectivity index (χ4v) is 2.90. The maximum Gasteiger partial charge on any atom is 0.0474 e. The van der Waals surface area contributed by atoms with Gasteiger partial charge in [-0.3, -0.25) is 4.90 Å². The second kappa shape index (κ2) is 6.55. The molecule has 0 aromatic carbocycles. The van der Waals surface area contributed by atoms with Crippen LogP contribution in [-0.4, -0.2) is 50.3 Å². The lowest BCUT2D eigenvalue weighted by Gasteiger charge is -2.49. The van der Waals surface area contributed by atoms with Gasteiger partial charge in [-0.15, -0.1) is 0 Å². The van der Waals surface area contributed by atoms with Crippen LogP contribution in [0.5, 0.6) is 0 Å². The van der Waals surface area contributed by atoms with E-state index in [2.05, 4.69) is 51.8 Å². The van der Waals surface area contributed by atoms with Crippen LogP contribution < -0.4 is 5.32 Å². The van der Waals surface area contributed by atoms with Gasteiger partial charge in [-0.1, -0.05) is 41.5 Å². The monoisotopic (exact) mass is 270 g/mol. The smallest absolute Gasteiger partial charge is 0.0474 e. The summed E-state index contributed by atoms with van der Waals surface area (Å²) in [6.45, 7) is 18.3. The molecule has 1 aliphatic rings. The minimum atomic E-state index is 0.322. The Morgan fingerprint density at radius 2 is 1.74 bits per heavy atom. The Morgan fingerprint density at radius 1 is 1.11 bits per heavy atom. The van der Waals surface area contributed by atoms with Gasteiger partial charge in [-0.2, -0.15) is 0 Å². The van der Waals surface area contributed by atoms with Gasteiger partial charge in [0.15, 0.2) is 0 Å². The van der Waals surface area contributed by atoms with Crippen LogP contribution in [0.15, 0.2) is 0 Å². The van der Waals surface area contributed by atoms with Crippen LogP contribution in [0, 0.1) is 10.8 Å². The van der Waals surface area contributed by atoms with Crippen molar-refractivity contribution in [2.24, 2.45) is 10.8 Å². The lowest BCUT2D eigenvalue weighted by Crippen LogP contribution is -2.63. The van der Waals surface area contributed by atoms with Crippen LogP contribution in [-0.2, 0) is 4.74 Å². The molecule has 1 N–H and O–H groups in total. The van der Waals surface area contributed by atoms with E-state index in [1.807, 2.05) is 0 Å². The van der Waals surface area contributed by atoms with Gasteiger partial charge >= 0.3 is 0 Å². The maximum atomic E-state index is 5.21. The molecule has 114 valence electrons. The van der Waals surface area contributed by atoms with Crippen molar-refractivity contribution in [3.05, 3.63) is 0 Å². The van der Waals surface area contributed by atoms with Crippen LogP contribution in [0.4, 0.5) is 0 Å². The molecule has 0 aromatic heterocycles. The summed E-state index contributed by atoms with van der Waals surface area (Å²) in [5.41, 5.74) is 0.644. The first-order chi connectivity index (χ1) is 8.66. The van der Waals surface area contributed by atoms with Gasteiger partial charge in [0.1, 0.15) is 0 Å². The molecule has 0 aromatic rings. The van der Waals surface area contributed by atoms with Crippen molar-refractivity contribution >= 4 is 0 Å². The van der Waals surface area contributed by atoms with Gasteiger partial charge in [-0.05, 0) is 17.3 Å². The molecule has 0 aliphatic carbocycles. The molecule has 0 radical (unpaired) electrons. The fourth-order valence-electron chi connectivity index (χ4n) is 2.90. The number of ether oxygens (including phenoxy) is 1. The molecule has 1 saturated heterocycles. The van der Waals surface area contributed by atoms with E-state index in [1.165, 1.54) is 0 Å². The van der Waals surface area contributed by atoms with E-state index in [0.717, 1.165) is 32.7 Å². The Kier molecular flexibility index (Phi) is 5.84. The summed E-state index contributed by atoms with van der Waals surface area (Å²) in [5.74, 6) is 0. The fraction of sp³-hybridized carbons (Fsp3) is 1.00. The van der Waals surface area contributed by atoms with Crippen molar-refractivity contribution in [1.29, 1.82) is 0 Å².